The third-order valence-electron chi connectivity index (χ3n) is 10.1. The van der Waals surface area contributed by atoms with Gasteiger partial charge in [0.25, 0.3) is 0 Å². The maximum absolute atomic E-state index is 6.19. The van der Waals surface area contributed by atoms with E-state index in [0.29, 0.717) is 0 Å². The molecule has 0 atom stereocenters. The van der Waals surface area contributed by atoms with E-state index < -0.39 is 0 Å². The van der Waals surface area contributed by atoms with Crippen LogP contribution in [0.1, 0.15) is 0 Å². The number of furan rings is 1. The Balaban J connectivity index is 1.16. The highest BCUT2D eigenvalue weighted by Gasteiger charge is 2.18. The van der Waals surface area contributed by atoms with E-state index in [1.54, 1.807) is 0 Å². The molecule has 0 saturated heterocycles. The summed E-state index contributed by atoms with van der Waals surface area (Å²) in [5.41, 5.74) is 11.7. The van der Waals surface area contributed by atoms with Crippen LogP contribution >= 0.6 is 0 Å². The lowest BCUT2D eigenvalue weighted by Crippen LogP contribution is -1.91. The van der Waals surface area contributed by atoms with Crippen LogP contribution in [0.2, 0.25) is 0 Å². The van der Waals surface area contributed by atoms with Crippen LogP contribution in [-0.2, 0) is 0 Å². The molecule has 1 aromatic heterocycles. The largest absolute Gasteiger partial charge is 0.456 e. The van der Waals surface area contributed by atoms with Crippen LogP contribution < -0.4 is 0 Å². The first-order valence-corrected chi connectivity index (χ1v) is 16.8. The fourth-order valence-corrected chi connectivity index (χ4v) is 7.80. The van der Waals surface area contributed by atoms with Gasteiger partial charge in [-0.2, -0.15) is 0 Å². The fourth-order valence-electron chi connectivity index (χ4n) is 7.80. The van der Waals surface area contributed by atoms with Crippen molar-refractivity contribution < 1.29 is 4.42 Å². The van der Waals surface area contributed by atoms with Gasteiger partial charge in [0.1, 0.15) is 11.2 Å². The monoisotopic (exact) mass is 622 g/mol. The third-order valence-corrected chi connectivity index (χ3v) is 10.1. The smallest absolute Gasteiger partial charge is 0.135 e. The molecule has 228 valence electrons. The first-order valence-electron chi connectivity index (χ1n) is 16.8. The molecule has 0 amide bonds. The van der Waals surface area contributed by atoms with Crippen LogP contribution in [0.15, 0.2) is 186 Å². The van der Waals surface area contributed by atoms with Gasteiger partial charge >= 0.3 is 0 Å². The molecule has 0 fully saturated rings. The normalized spacial score (nSPS) is 11.7. The Kier molecular flexibility index (Phi) is 6.25. The number of fused-ring (bicyclic) bond motifs is 6. The van der Waals surface area contributed by atoms with E-state index in [1.165, 1.54) is 76.8 Å². The van der Waals surface area contributed by atoms with Crippen molar-refractivity contribution in [2.24, 2.45) is 0 Å². The molecule has 0 spiro atoms. The van der Waals surface area contributed by atoms with Crippen molar-refractivity contribution >= 4 is 54.3 Å². The van der Waals surface area contributed by atoms with Crippen molar-refractivity contribution in [3.8, 4) is 44.5 Å². The van der Waals surface area contributed by atoms with Crippen LogP contribution in [0.3, 0.4) is 0 Å². The van der Waals surface area contributed by atoms with Crippen LogP contribution in [0.5, 0.6) is 0 Å². The molecule has 10 rings (SSSR count). The van der Waals surface area contributed by atoms with Gasteiger partial charge in [-0.25, -0.2) is 0 Å². The molecular weight excluding hydrogens is 593 g/mol. The van der Waals surface area contributed by atoms with E-state index in [0.717, 1.165) is 21.9 Å². The number of benzene rings is 9. The lowest BCUT2D eigenvalue weighted by Gasteiger charge is -2.18. The summed E-state index contributed by atoms with van der Waals surface area (Å²) in [4.78, 5) is 0. The minimum Gasteiger partial charge on any atom is -0.456 e. The Bertz CT molecular complexity index is 2800. The zero-order valence-corrected chi connectivity index (χ0v) is 26.7. The van der Waals surface area contributed by atoms with Crippen molar-refractivity contribution in [2.75, 3.05) is 0 Å². The molecule has 0 radical (unpaired) electrons. The highest BCUT2D eigenvalue weighted by Crippen LogP contribution is 2.45. The standard InChI is InChI=1S/C48H30O/c1-2-12-31(13-3-1)36-28-34-14-4-5-15-37(34)43(30-36)32-22-24-33(25-23-32)47-39-17-6-8-19-41(39)48(42-20-9-7-18-40(42)47)35-26-27-46-44(29-35)38-16-10-11-21-45(38)49-46/h1-30H. The van der Waals surface area contributed by atoms with Crippen molar-refractivity contribution in [1.82, 2.24) is 0 Å². The van der Waals surface area contributed by atoms with Crippen LogP contribution in [-0.4, -0.2) is 0 Å². The molecule has 10 aromatic rings. The van der Waals surface area contributed by atoms with Crippen LogP contribution in [0.25, 0.3) is 98.8 Å². The van der Waals surface area contributed by atoms with E-state index in [1.807, 2.05) is 12.1 Å². The minimum atomic E-state index is 0.914. The third kappa shape index (κ3) is 4.47. The van der Waals surface area contributed by atoms with Gasteiger partial charge in [0.05, 0.1) is 0 Å². The predicted octanol–water partition coefficient (Wildman–Crippen LogP) is 13.7. The average molecular weight is 623 g/mol. The van der Waals surface area contributed by atoms with Crippen LogP contribution in [0.4, 0.5) is 0 Å². The fraction of sp³-hybridized carbons (Fsp3) is 0. The first-order chi connectivity index (χ1) is 24.3. The molecule has 49 heavy (non-hydrogen) atoms. The maximum atomic E-state index is 6.19. The molecule has 0 unspecified atom stereocenters. The second-order valence-corrected chi connectivity index (χ2v) is 12.8. The van der Waals surface area contributed by atoms with Gasteiger partial charge in [0.2, 0.25) is 0 Å². The highest BCUT2D eigenvalue weighted by molar-refractivity contribution is 6.22. The molecule has 0 saturated carbocycles. The molecule has 0 aliphatic carbocycles. The SMILES string of the molecule is c1ccc(-c2cc(-c3ccc(-c4c5ccccc5c(-c5ccc6oc7ccccc7c6c5)c5ccccc45)cc3)c3ccccc3c2)cc1. The number of hydrogen-bond acceptors (Lipinski definition) is 1. The minimum absolute atomic E-state index is 0.914. The Labute approximate surface area is 284 Å². The summed E-state index contributed by atoms with van der Waals surface area (Å²) in [7, 11) is 0. The van der Waals surface area contributed by atoms with Gasteiger partial charge < -0.3 is 4.42 Å². The highest BCUT2D eigenvalue weighted by atomic mass is 16.3. The molecule has 1 nitrogen and oxygen atoms in total. The van der Waals surface area contributed by atoms with E-state index in [4.69, 9.17) is 4.42 Å². The first kappa shape index (κ1) is 27.7. The summed E-state index contributed by atoms with van der Waals surface area (Å²) in [5, 5.41) is 9.78. The Morgan fingerprint density at radius 3 is 1.47 bits per heavy atom. The van der Waals surface area contributed by atoms with Gasteiger partial charge in [0.15, 0.2) is 0 Å². The lowest BCUT2D eigenvalue weighted by atomic mass is 9.85. The number of hydrogen-bond donors (Lipinski definition) is 0. The molecule has 0 N–H and O–H groups in total. The lowest BCUT2D eigenvalue weighted by molar-refractivity contribution is 0.669. The zero-order chi connectivity index (χ0) is 32.3. The Hall–Kier alpha value is -6.44. The second-order valence-electron chi connectivity index (χ2n) is 12.8. The average Bonchev–Trinajstić information content (AvgIpc) is 3.55. The summed E-state index contributed by atoms with van der Waals surface area (Å²) < 4.78 is 6.19. The zero-order valence-electron chi connectivity index (χ0n) is 26.7. The molecule has 0 aliphatic rings. The van der Waals surface area contributed by atoms with Crippen LogP contribution in [0, 0.1) is 0 Å². The predicted molar refractivity (Wildman–Crippen MR) is 208 cm³/mol. The Morgan fingerprint density at radius 2 is 0.776 bits per heavy atom. The molecule has 0 aliphatic heterocycles. The number of para-hydroxylation sites is 1. The van der Waals surface area contributed by atoms with E-state index in [9.17, 15) is 0 Å². The van der Waals surface area contributed by atoms with Crippen molar-refractivity contribution in [1.29, 1.82) is 0 Å². The van der Waals surface area contributed by atoms with Gasteiger partial charge in [-0.15, -0.1) is 0 Å². The molecule has 9 aromatic carbocycles. The Morgan fingerprint density at radius 1 is 0.265 bits per heavy atom. The van der Waals surface area contributed by atoms with E-state index in [2.05, 4.69) is 170 Å². The van der Waals surface area contributed by atoms with Crippen molar-refractivity contribution in [3.63, 3.8) is 0 Å². The summed E-state index contributed by atoms with van der Waals surface area (Å²) >= 11 is 0. The molecular formula is C48H30O. The van der Waals surface area contributed by atoms with E-state index >= 15 is 0 Å². The molecule has 1 heterocycles. The van der Waals surface area contributed by atoms with Crippen molar-refractivity contribution in [3.05, 3.63) is 182 Å². The van der Waals surface area contributed by atoms with E-state index in [-0.39, 0.29) is 0 Å². The van der Waals surface area contributed by atoms with Gasteiger partial charge in [-0.1, -0.05) is 152 Å². The summed E-state index contributed by atoms with van der Waals surface area (Å²) in [6.45, 7) is 0. The second kappa shape index (κ2) is 11.1. The van der Waals surface area contributed by atoms with Gasteiger partial charge in [-0.05, 0) is 107 Å². The summed E-state index contributed by atoms with van der Waals surface area (Å²) in [6.07, 6.45) is 0. The van der Waals surface area contributed by atoms with Gasteiger partial charge in [0, 0.05) is 10.8 Å². The quantitative estimate of drug-likeness (QED) is 0.178. The summed E-state index contributed by atoms with van der Waals surface area (Å²) in [6, 6.07) is 65.9. The van der Waals surface area contributed by atoms with Gasteiger partial charge in [-0.3, -0.25) is 0 Å². The maximum Gasteiger partial charge on any atom is 0.135 e. The molecule has 0 bridgehead atoms. The summed E-state index contributed by atoms with van der Waals surface area (Å²) in [5.74, 6) is 0. The molecule has 1 heteroatoms. The number of rotatable bonds is 4. The van der Waals surface area contributed by atoms with Crippen molar-refractivity contribution in [2.45, 2.75) is 0 Å². The topological polar surface area (TPSA) is 13.1 Å².